The maximum absolute atomic E-state index is 13.1. The van der Waals surface area contributed by atoms with Crippen LogP contribution in [0.4, 0.5) is 4.39 Å². The van der Waals surface area contributed by atoms with E-state index < -0.39 is 0 Å². The minimum absolute atomic E-state index is 0.201. The Labute approximate surface area is 155 Å². The summed E-state index contributed by atoms with van der Waals surface area (Å²) in [5.74, 6) is 1.02. The van der Waals surface area contributed by atoms with E-state index in [0.717, 1.165) is 18.4 Å². The first-order chi connectivity index (χ1) is 13.1. The van der Waals surface area contributed by atoms with Gasteiger partial charge in [-0.05, 0) is 50.1 Å². The summed E-state index contributed by atoms with van der Waals surface area (Å²) in [5.41, 5.74) is 1.68. The van der Waals surface area contributed by atoms with Gasteiger partial charge in [0, 0.05) is 18.0 Å². The Morgan fingerprint density at radius 3 is 2.78 bits per heavy atom. The predicted molar refractivity (Wildman–Crippen MR) is 95.3 cm³/mol. The highest BCUT2D eigenvalue weighted by atomic mass is 19.1. The molecule has 0 atom stereocenters. The van der Waals surface area contributed by atoms with Crippen LogP contribution >= 0.6 is 0 Å². The Hall–Kier alpha value is -3.03. The van der Waals surface area contributed by atoms with Crippen LogP contribution < -0.4 is 0 Å². The molecule has 0 saturated heterocycles. The van der Waals surface area contributed by atoms with Crippen molar-refractivity contribution in [2.24, 2.45) is 0 Å². The molecule has 2 heterocycles. The van der Waals surface area contributed by atoms with E-state index in [4.69, 9.17) is 4.52 Å². The van der Waals surface area contributed by atoms with Gasteiger partial charge in [-0.3, -0.25) is 9.89 Å². The van der Waals surface area contributed by atoms with Gasteiger partial charge in [0.15, 0.2) is 5.82 Å². The first kappa shape index (κ1) is 17.4. The van der Waals surface area contributed by atoms with Crippen molar-refractivity contribution in [3.63, 3.8) is 0 Å². The average Bonchev–Trinajstić information content (AvgIpc) is 3.28. The van der Waals surface area contributed by atoms with E-state index >= 15 is 0 Å². The van der Waals surface area contributed by atoms with Crippen molar-refractivity contribution >= 4 is 5.91 Å². The minimum Gasteiger partial charge on any atom is -0.339 e. The molecule has 1 aliphatic rings. The molecule has 1 fully saturated rings. The summed E-state index contributed by atoms with van der Waals surface area (Å²) in [4.78, 5) is 18.8. The number of aromatic nitrogens is 4. The van der Waals surface area contributed by atoms with E-state index in [9.17, 15) is 9.18 Å². The Balaban J connectivity index is 1.47. The fourth-order valence-corrected chi connectivity index (χ4v) is 3.02. The van der Waals surface area contributed by atoms with Gasteiger partial charge in [-0.25, -0.2) is 4.39 Å². The Kier molecular flexibility index (Phi) is 4.70. The number of carbonyl (C=O) groups is 1. The zero-order valence-corrected chi connectivity index (χ0v) is 15.0. The van der Waals surface area contributed by atoms with Crippen molar-refractivity contribution in [2.45, 2.75) is 38.6 Å². The molecule has 2 aromatic heterocycles. The molecule has 0 aliphatic heterocycles. The number of aromatic amines is 1. The van der Waals surface area contributed by atoms with Gasteiger partial charge in [-0.1, -0.05) is 11.6 Å². The largest absolute Gasteiger partial charge is 0.339 e. The summed E-state index contributed by atoms with van der Waals surface area (Å²) in [6, 6.07) is 7.63. The molecule has 140 valence electrons. The predicted octanol–water partition coefficient (Wildman–Crippen LogP) is 3.53. The van der Waals surface area contributed by atoms with Crippen molar-refractivity contribution in [1.29, 1.82) is 0 Å². The van der Waals surface area contributed by atoms with E-state index in [-0.39, 0.29) is 18.3 Å². The number of halogens is 1. The molecule has 1 N–H and O–H groups in total. The van der Waals surface area contributed by atoms with E-state index in [2.05, 4.69) is 20.3 Å². The average molecular weight is 369 g/mol. The van der Waals surface area contributed by atoms with Crippen molar-refractivity contribution < 1.29 is 13.7 Å². The highest BCUT2D eigenvalue weighted by Crippen LogP contribution is 2.35. The molecule has 0 radical (unpaired) electrons. The second kappa shape index (κ2) is 7.30. The number of nitrogens with zero attached hydrogens (tertiary/aromatic N) is 4. The second-order valence-corrected chi connectivity index (χ2v) is 6.67. The minimum atomic E-state index is -0.316. The van der Waals surface area contributed by atoms with Crippen LogP contribution in [0.1, 0.15) is 54.3 Å². The van der Waals surface area contributed by atoms with Gasteiger partial charge in [-0.15, -0.1) is 0 Å². The lowest BCUT2D eigenvalue weighted by atomic mass is 9.85. The number of benzene rings is 1. The van der Waals surface area contributed by atoms with Crippen LogP contribution in [0.15, 0.2) is 34.9 Å². The van der Waals surface area contributed by atoms with Gasteiger partial charge in [0.05, 0.1) is 12.2 Å². The number of rotatable bonds is 6. The molecule has 1 aromatic carbocycles. The van der Waals surface area contributed by atoms with E-state index in [1.165, 1.54) is 18.6 Å². The lowest BCUT2D eigenvalue weighted by molar-refractivity contribution is 0.0741. The number of amides is 1. The van der Waals surface area contributed by atoms with Gasteiger partial charge in [0.25, 0.3) is 5.91 Å². The van der Waals surface area contributed by atoms with Crippen LogP contribution in [0, 0.1) is 5.82 Å². The van der Waals surface area contributed by atoms with Gasteiger partial charge in [0.1, 0.15) is 11.5 Å². The number of nitrogens with one attached hydrogen (secondary N) is 1. The molecule has 1 amide bonds. The molecular formula is C19H20FN5O2. The molecular weight excluding hydrogens is 349 g/mol. The quantitative estimate of drug-likeness (QED) is 0.718. The third kappa shape index (κ3) is 3.60. The SMILES string of the molecule is CCN(Cc1noc(C2CCC2)n1)C(=O)c1cc(-c2ccc(F)cc2)n[nH]1. The first-order valence-electron chi connectivity index (χ1n) is 9.07. The van der Waals surface area contributed by atoms with E-state index in [1.54, 1.807) is 23.1 Å². The third-order valence-electron chi connectivity index (χ3n) is 4.89. The van der Waals surface area contributed by atoms with Gasteiger partial charge < -0.3 is 9.42 Å². The molecule has 8 heteroatoms. The summed E-state index contributed by atoms with van der Waals surface area (Å²) in [6.07, 6.45) is 3.36. The van der Waals surface area contributed by atoms with E-state index in [1.807, 2.05) is 6.92 Å². The maximum Gasteiger partial charge on any atom is 0.272 e. The number of H-pyrrole nitrogens is 1. The molecule has 7 nitrogen and oxygen atoms in total. The van der Waals surface area contributed by atoms with Crippen molar-refractivity contribution in [3.05, 3.63) is 53.6 Å². The van der Waals surface area contributed by atoms with Crippen LogP contribution in [0.3, 0.4) is 0 Å². The molecule has 1 saturated carbocycles. The Morgan fingerprint density at radius 2 is 2.11 bits per heavy atom. The summed E-state index contributed by atoms with van der Waals surface area (Å²) in [5, 5.41) is 10.9. The van der Waals surface area contributed by atoms with Gasteiger partial charge in [-0.2, -0.15) is 10.1 Å². The molecule has 4 rings (SSSR count). The van der Waals surface area contributed by atoms with Crippen molar-refractivity contribution in [1.82, 2.24) is 25.2 Å². The zero-order chi connectivity index (χ0) is 18.8. The molecule has 1 aliphatic carbocycles. The van der Waals surface area contributed by atoms with Gasteiger partial charge >= 0.3 is 0 Å². The van der Waals surface area contributed by atoms with Crippen LogP contribution in [0.2, 0.25) is 0 Å². The number of hydrogen-bond acceptors (Lipinski definition) is 5. The molecule has 0 bridgehead atoms. The van der Waals surface area contributed by atoms with Crippen LogP contribution in [-0.4, -0.2) is 37.7 Å². The lowest BCUT2D eigenvalue weighted by Gasteiger charge is -2.20. The fraction of sp³-hybridized carbons (Fsp3) is 0.368. The standard InChI is InChI=1S/C19H20FN5O2/c1-2-25(11-17-21-18(27-24-17)13-4-3-5-13)19(26)16-10-15(22-23-16)12-6-8-14(20)9-7-12/h6-10,13H,2-5,11H2,1H3,(H,22,23). The topological polar surface area (TPSA) is 87.9 Å². The highest BCUT2D eigenvalue weighted by Gasteiger charge is 2.26. The van der Waals surface area contributed by atoms with Crippen molar-refractivity contribution in [2.75, 3.05) is 6.54 Å². The smallest absolute Gasteiger partial charge is 0.272 e. The molecule has 0 unspecified atom stereocenters. The van der Waals surface area contributed by atoms with Crippen molar-refractivity contribution in [3.8, 4) is 11.3 Å². The van der Waals surface area contributed by atoms with Crippen LogP contribution in [0.25, 0.3) is 11.3 Å². The molecule has 27 heavy (non-hydrogen) atoms. The van der Waals surface area contributed by atoms with E-state index in [0.29, 0.717) is 35.6 Å². The lowest BCUT2D eigenvalue weighted by Crippen LogP contribution is -2.31. The highest BCUT2D eigenvalue weighted by molar-refractivity contribution is 5.93. The normalized spacial score (nSPS) is 14.1. The molecule has 0 spiro atoms. The summed E-state index contributed by atoms with van der Waals surface area (Å²) < 4.78 is 18.4. The third-order valence-corrected chi connectivity index (χ3v) is 4.89. The summed E-state index contributed by atoms with van der Waals surface area (Å²) in [6.45, 7) is 2.66. The van der Waals surface area contributed by atoms with Crippen LogP contribution in [-0.2, 0) is 6.54 Å². The fourth-order valence-electron chi connectivity index (χ4n) is 3.02. The number of hydrogen-bond donors (Lipinski definition) is 1. The number of carbonyl (C=O) groups excluding carboxylic acids is 1. The monoisotopic (exact) mass is 369 g/mol. The Morgan fingerprint density at radius 1 is 1.33 bits per heavy atom. The molecule has 3 aromatic rings. The first-order valence-corrected chi connectivity index (χ1v) is 9.07. The van der Waals surface area contributed by atoms with Gasteiger partial charge in [0.2, 0.25) is 5.89 Å². The summed E-state index contributed by atoms with van der Waals surface area (Å²) in [7, 11) is 0. The summed E-state index contributed by atoms with van der Waals surface area (Å²) >= 11 is 0. The maximum atomic E-state index is 13.1. The Bertz CT molecular complexity index is 930. The zero-order valence-electron chi connectivity index (χ0n) is 15.0. The van der Waals surface area contributed by atoms with Crippen LogP contribution in [0.5, 0.6) is 0 Å². The second-order valence-electron chi connectivity index (χ2n) is 6.67.